The number of hydrogen-bond donors (Lipinski definition) is 0. The Morgan fingerprint density at radius 3 is 2.33 bits per heavy atom. The summed E-state index contributed by atoms with van der Waals surface area (Å²) < 4.78 is 5.69. The lowest BCUT2D eigenvalue weighted by Crippen LogP contribution is -1.94. The predicted octanol–water partition coefficient (Wildman–Crippen LogP) is 4.01. The molecular weight excluding hydrogens is 288 g/mol. The van der Waals surface area contributed by atoms with Crippen LogP contribution in [0.3, 0.4) is 0 Å². The Bertz CT molecular complexity index is 535. The highest BCUT2D eigenvalue weighted by Gasteiger charge is 1.95. The lowest BCUT2D eigenvalue weighted by atomic mass is 10.2. The molecule has 0 amide bonds. The van der Waals surface area contributed by atoms with Crippen molar-refractivity contribution < 1.29 is 4.74 Å². The van der Waals surface area contributed by atoms with Gasteiger partial charge in [0.25, 0.3) is 0 Å². The van der Waals surface area contributed by atoms with E-state index >= 15 is 0 Å². The molecule has 0 unspecified atom stereocenters. The third-order valence-electron chi connectivity index (χ3n) is 2.40. The van der Waals surface area contributed by atoms with Crippen LogP contribution < -0.4 is 4.74 Å². The Kier molecular flexibility index (Phi) is 4.87. The molecule has 0 aliphatic heterocycles. The van der Waals surface area contributed by atoms with Gasteiger partial charge in [-0.05, 0) is 29.8 Å². The molecule has 0 radical (unpaired) electrons. The van der Waals surface area contributed by atoms with Gasteiger partial charge in [0.05, 0.1) is 5.33 Å². The Morgan fingerprint density at radius 1 is 0.944 bits per heavy atom. The van der Waals surface area contributed by atoms with E-state index < -0.39 is 0 Å². The monoisotopic (exact) mass is 300 g/mol. The number of ether oxygens (including phenoxy) is 1. The van der Waals surface area contributed by atoms with Gasteiger partial charge >= 0.3 is 0 Å². The molecule has 0 saturated heterocycles. The van der Waals surface area contributed by atoms with Gasteiger partial charge in [0, 0.05) is 5.56 Å². The second kappa shape index (κ2) is 6.88. The molecule has 0 aliphatic rings. The first kappa shape index (κ1) is 12.7. The van der Waals surface area contributed by atoms with Crippen LogP contribution in [0.2, 0.25) is 0 Å². The van der Waals surface area contributed by atoms with Gasteiger partial charge in [-0.15, -0.1) is 0 Å². The first-order chi connectivity index (χ1) is 8.88. The highest BCUT2D eigenvalue weighted by Crippen LogP contribution is 2.13. The molecule has 1 nitrogen and oxygen atoms in total. The number of benzene rings is 2. The molecule has 0 aromatic heterocycles. The van der Waals surface area contributed by atoms with Gasteiger partial charge in [-0.3, -0.25) is 0 Å². The maximum absolute atomic E-state index is 5.69. The summed E-state index contributed by atoms with van der Waals surface area (Å²) in [6, 6.07) is 18.0. The van der Waals surface area contributed by atoms with Crippen molar-refractivity contribution in [1.29, 1.82) is 0 Å². The maximum atomic E-state index is 5.69. The number of rotatable bonds is 3. The summed E-state index contributed by atoms with van der Waals surface area (Å²) in [5.41, 5.74) is 2.17. The molecule has 0 N–H and O–H groups in total. The predicted molar refractivity (Wildman–Crippen MR) is 77.9 cm³/mol. The molecule has 2 aromatic rings. The molecule has 90 valence electrons. The van der Waals surface area contributed by atoms with Crippen molar-refractivity contribution in [2.75, 3.05) is 5.33 Å². The molecule has 0 fully saturated rings. The van der Waals surface area contributed by atoms with E-state index in [4.69, 9.17) is 4.74 Å². The molecule has 2 heteroatoms. The van der Waals surface area contributed by atoms with E-state index in [9.17, 15) is 0 Å². The van der Waals surface area contributed by atoms with E-state index in [2.05, 4.69) is 39.9 Å². The van der Waals surface area contributed by atoms with Crippen LogP contribution in [-0.2, 0) is 6.61 Å². The standard InChI is InChI=1S/C16H13BrO/c17-12-4-7-14-8-10-16(11-9-14)18-13-15-5-2-1-3-6-15/h1-3,5-6,8-11H,12-13H2. The van der Waals surface area contributed by atoms with Gasteiger partial charge in [0.1, 0.15) is 12.4 Å². The molecule has 0 heterocycles. The highest BCUT2D eigenvalue weighted by atomic mass is 79.9. The minimum Gasteiger partial charge on any atom is -0.489 e. The molecule has 2 rings (SSSR count). The summed E-state index contributed by atoms with van der Waals surface area (Å²) in [5.74, 6) is 6.87. The number of hydrogen-bond acceptors (Lipinski definition) is 1. The van der Waals surface area contributed by atoms with E-state index in [1.807, 2.05) is 42.5 Å². The Morgan fingerprint density at radius 2 is 1.67 bits per heavy atom. The van der Waals surface area contributed by atoms with Gasteiger partial charge < -0.3 is 4.74 Å². The van der Waals surface area contributed by atoms with Crippen LogP contribution >= 0.6 is 15.9 Å². The zero-order valence-corrected chi connectivity index (χ0v) is 11.5. The Labute approximate surface area is 116 Å². The minimum atomic E-state index is 0.591. The fraction of sp³-hybridized carbons (Fsp3) is 0.125. The molecule has 0 saturated carbocycles. The van der Waals surface area contributed by atoms with E-state index in [-0.39, 0.29) is 0 Å². The van der Waals surface area contributed by atoms with Crippen LogP contribution in [0.5, 0.6) is 5.75 Å². The highest BCUT2D eigenvalue weighted by molar-refractivity contribution is 9.09. The molecular formula is C16H13BrO. The summed E-state index contributed by atoms with van der Waals surface area (Å²) in [7, 11) is 0. The summed E-state index contributed by atoms with van der Waals surface area (Å²) >= 11 is 3.27. The van der Waals surface area contributed by atoms with Gasteiger partial charge in [-0.25, -0.2) is 0 Å². The van der Waals surface area contributed by atoms with E-state index in [1.54, 1.807) is 0 Å². The van der Waals surface area contributed by atoms with Gasteiger partial charge in [-0.1, -0.05) is 58.1 Å². The van der Waals surface area contributed by atoms with Crippen molar-refractivity contribution in [2.24, 2.45) is 0 Å². The van der Waals surface area contributed by atoms with Crippen LogP contribution in [0.1, 0.15) is 11.1 Å². The summed E-state index contributed by atoms with van der Waals surface area (Å²) in [4.78, 5) is 0. The second-order valence-electron chi connectivity index (χ2n) is 3.73. The zero-order valence-electron chi connectivity index (χ0n) is 9.90. The average Bonchev–Trinajstić information content (AvgIpc) is 2.45. The fourth-order valence-corrected chi connectivity index (χ4v) is 1.65. The molecule has 2 aromatic carbocycles. The molecule has 0 spiro atoms. The smallest absolute Gasteiger partial charge is 0.119 e. The molecule has 18 heavy (non-hydrogen) atoms. The maximum Gasteiger partial charge on any atom is 0.119 e. The van der Waals surface area contributed by atoms with Crippen LogP contribution in [0.25, 0.3) is 0 Å². The van der Waals surface area contributed by atoms with E-state index in [1.165, 1.54) is 5.56 Å². The topological polar surface area (TPSA) is 9.23 Å². The van der Waals surface area contributed by atoms with Crippen LogP contribution in [-0.4, -0.2) is 5.33 Å². The third kappa shape index (κ3) is 3.94. The largest absolute Gasteiger partial charge is 0.489 e. The number of alkyl halides is 1. The van der Waals surface area contributed by atoms with Crippen molar-refractivity contribution in [3.05, 3.63) is 65.7 Å². The van der Waals surface area contributed by atoms with Crippen molar-refractivity contribution in [3.8, 4) is 17.6 Å². The lowest BCUT2D eigenvalue weighted by Gasteiger charge is -2.05. The Balaban J connectivity index is 1.94. The SMILES string of the molecule is BrCC#Cc1ccc(OCc2ccccc2)cc1. The first-order valence-corrected chi connectivity index (χ1v) is 6.82. The van der Waals surface area contributed by atoms with Crippen LogP contribution in [0.15, 0.2) is 54.6 Å². The van der Waals surface area contributed by atoms with E-state index in [0.717, 1.165) is 11.3 Å². The first-order valence-electron chi connectivity index (χ1n) is 5.70. The summed E-state index contributed by atoms with van der Waals surface area (Å²) in [6.07, 6.45) is 0. The van der Waals surface area contributed by atoms with Crippen LogP contribution in [0.4, 0.5) is 0 Å². The van der Waals surface area contributed by atoms with Gasteiger partial charge in [0.15, 0.2) is 0 Å². The van der Waals surface area contributed by atoms with Gasteiger partial charge in [-0.2, -0.15) is 0 Å². The van der Waals surface area contributed by atoms with Crippen molar-refractivity contribution in [2.45, 2.75) is 6.61 Å². The number of halogens is 1. The normalized spacial score (nSPS) is 9.39. The van der Waals surface area contributed by atoms with E-state index in [0.29, 0.717) is 11.9 Å². The Hall–Kier alpha value is -1.72. The second-order valence-corrected chi connectivity index (χ2v) is 4.29. The van der Waals surface area contributed by atoms with Gasteiger partial charge in [0.2, 0.25) is 0 Å². The quantitative estimate of drug-likeness (QED) is 0.615. The van der Waals surface area contributed by atoms with Crippen LogP contribution in [0, 0.1) is 11.8 Å². The van der Waals surface area contributed by atoms with Crippen molar-refractivity contribution in [3.63, 3.8) is 0 Å². The molecule has 0 atom stereocenters. The molecule has 0 bridgehead atoms. The third-order valence-corrected chi connectivity index (χ3v) is 2.68. The minimum absolute atomic E-state index is 0.591. The summed E-state index contributed by atoms with van der Waals surface area (Å²) in [5, 5.41) is 0.694. The average molecular weight is 301 g/mol. The lowest BCUT2D eigenvalue weighted by molar-refractivity contribution is 0.306. The fourth-order valence-electron chi connectivity index (χ4n) is 1.51. The van der Waals surface area contributed by atoms with Crippen molar-refractivity contribution >= 4 is 15.9 Å². The molecule has 0 aliphatic carbocycles. The van der Waals surface area contributed by atoms with Crippen molar-refractivity contribution in [1.82, 2.24) is 0 Å². The zero-order chi connectivity index (χ0) is 12.6. The summed E-state index contributed by atoms with van der Waals surface area (Å²) in [6.45, 7) is 0.591.